The first-order valence-corrected chi connectivity index (χ1v) is 7.75. The molecule has 0 heterocycles. The van der Waals surface area contributed by atoms with Gasteiger partial charge in [-0.2, -0.15) is 17.0 Å². The summed E-state index contributed by atoms with van der Waals surface area (Å²) in [5.74, 6) is 2.10. The molecule has 0 spiro atoms. The number of aliphatic hydroxyl groups excluding tert-OH is 1. The zero-order valence-corrected chi connectivity index (χ0v) is 12.0. The Morgan fingerprint density at radius 1 is 1.29 bits per heavy atom. The Kier molecular flexibility index (Phi) is 10.7. The molecule has 0 aliphatic rings. The van der Waals surface area contributed by atoms with Crippen molar-refractivity contribution in [2.45, 2.75) is 51.5 Å². The zero-order valence-electron chi connectivity index (χ0n) is 11.2. The van der Waals surface area contributed by atoms with Crippen LogP contribution in [0.25, 0.3) is 0 Å². The Morgan fingerprint density at radius 3 is 2.53 bits per heavy atom. The Balaban J connectivity index is 3.81. The molecule has 0 rings (SSSR count). The lowest BCUT2D eigenvalue weighted by molar-refractivity contribution is 0.296. The van der Waals surface area contributed by atoms with Gasteiger partial charge in [0.1, 0.15) is 5.54 Å². The Bertz CT molecular complexity index is 218. The van der Waals surface area contributed by atoms with Gasteiger partial charge < -0.3 is 5.11 Å². The van der Waals surface area contributed by atoms with E-state index < -0.39 is 0 Å². The average molecular weight is 258 g/mol. The van der Waals surface area contributed by atoms with Gasteiger partial charge in [-0.15, -0.1) is 0 Å². The fourth-order valence-corrected chi connectivity index (χ4v) is 2.56. The summed E-state index contributed by atoms with van der Waals surface area (Å²) in [6.45, 7) is 5.39. The fourth-order valence-electron chi connectivity index (χ4n) is 1.67. The van der Waals surface area contributed by atoms with Gasteiger partial charge in [-0.05, 0) is 50.2 Å². The topological polar surface area (TPSA) is 56.0 Å². The van der Waals surface area contributed by atoms with Crippen LogP contribution in [0.1, 0.15) is 46.0 Å². The predicted octanol–water partition coefficient (Wildman–Crippen LogP) is 2.55. The second-order valence-corrected chi connectivity index (χ2v) is 5.49. The molecule has 17 heavy (non-hydrogen) atoms. The summed E-state index contributed by atoms with van der Waals surface area (Å²) in [5, 5.41) is 21.3. The van der Waals surface area contributed by atoms with Gasteiger partial charge in [0, 0.05) is 6.61 Å². The molecule has 1 atom stereocenters. The molecule has 0 fully saturated rings. The highest BCUT2D eigenvalue weighted by molar-refractivity contribution is 7.99. The number of nitriles is 1. The molecule has 0 aliphatic carbocycles. The monoisotopic (exact) mass is 258 g/mol. The number of aliphatic hydroxyl groups is 1. The number of nitrogens with zero attached hydrogens (tertiary/aromatic N) is 1. The summed E-state index contributed by atoms with van der Waals surface area (Å²) >= 11 is 1.87. The molecule has 0 aromatic rings. The summed E-state index contributed by atoms with van der Waals surface area (Å²) in [6, 6.07) is 2.44. The minimum atomic E-state index is -0.326. The van der Waals surface area contributed by atoms with Gasteiger partial charge >= 0.3 is 0 Å². The summed E-state index contributed by atoms with van der Waals surface area (Å²) < 4.78 is 0. The van der Waals surface area contributed by atoms with E-state index in [0.29, 0.717) is 0 Å². The van der Waals surface area contributed by atoms with Gasteiger partial charge in [0.05, 0.1) is 6.07 Å². The summed E-state index contributed by atoms with van der Waals surface area (Å²) in [7, 11) is 0. The lowest BCUT2D eigenvalue weighted by atomic mass is 9.92. The van der Waals surface area contributed by atoms with Crippen LogP contribution < -0.4 is 5.32 Å². The van der Waals surface area contributed by atoms with Gasteiger partial charge in [0.2, 0.25) is 0 Å². The Morgan fingerprint density at radius 2 is 2.00 bits per heavy atom. The molecule has 100 valence electrons. The van der Waals surface area contributed by atoms with Crippen LogP contribution >= 0.6 is 11.8 Å². The number of hydrogen-bond acceptors (Lipinski definition) is 4. The minimum absolute atomic E-state index is 0.280. The van der Waals surface area contributed by atoms with Crippen LogP contribution in [0.2, 0.25) is 0 Å². The first-order chi connectivity index (χ1) is 8.24. The van der Waals surface area contributed by atoms with Crippen molar-refractivity contribution in [2.75, 3.05) is 24.7 Å². The van der Waals surface area contributed by atoms with Gasteiger partial charge in [-0.3, -0.25) is 5.32 Å². The van der Waals surface area contributed by atoms with Crippen LogP contribution in [-0.2, 0) is 0 Å². The maximum atomic E-state index is 9.29. The minimum Gasteiger partial charge on any atom is -0.396 e. The van der Waals surface area contributed by atoms with Gasteiger partial charge in [-0.1, -0.05) is 13.8 Å². The van der Waals surface area contributed by atoms with Crippen molar-refractivity contribution in [3.05, 3.63) is 0 Å². The number of nitrogens with one attached hydrogen (secondary N) is 1. The predicted molar refractivity (Wildman–Crippen MR) is 75.2 cm³/mol. The Labute approximate surface area is 110 Å². The van der Waals surface area contributed by atoms with Crippen molar-refractivity contribution >= 4 is 11.8 Å². The third kappa shape index (κ3) is 7.64. The third-order valence-corrected chi connectivity index (χ3v) is 4.02. The SMILES string of the molecule is CCCNC(C#N)(CC)CCCSCCCO. The molecule has 1 unspecified atom stereocenters. The average Bonchev–Trinajstić information content (AvgIpc) is 2.38. The van der Waals surface area contributed by atoms with Crippen LogP contribution in [0.3, 0.4) is 0 Å². The van der Waals surface area contributed by atoms with Crippen molar-refractivity contribution in [3.63, 3.8) is 0 Å². The van der Waals surface area contributed by atoms with Crippen molar-refractivity contribution < 1.29 is 5.11 Å². The van der Waals surface area contributed by atoms with Crippen LogP contribution in [0.4, 0.5) is 0 Å². The first-order valence-electron chi connectivity index (χ1n) is 6.59. The standard InChI is InChI=1S/C13H26N2OS/c1-3-8-15-13(4-2,12-14)7-5-10-17-11-6-9-16/h15-16H,3-11H2,1-2H3. The zero-order chi connectivity index (χ0) is 13.0. The first kappa shape index (κ1) is 16.8. The van der Waals surface area contributed by atoms with E-state index >= 15 is 0 Å². The van der Waals surface area contributed by atoms with E-state index in [1.807, 2.05) is 11.8 Å². The molecule has 0 radical (unpaired) electrons. The van der Waals surface area contributed by atoms with E-state index in [2.05, 4.69) is 25.2 Å². The van der Waals surface area contributed by atoms with Gasteiger partial charge in [0.25, 0.3) is 0 Å². The molecule has 4 heteroatoms. The Hall–Kier alpha value is -0.240. The van der Waals surface area contributed by atoms with E-state index in [1.165, 1.54) is 0 Å². The van der Waals surface area contributed by atoms with Gasteiger partial charge in [-0.25, -0.2) is 0 Å². The molecule has 0 bridgehead atoms. The maximum absolute atomic E-state index is 9.29. The van der Waals surface area contributed by atoms with Crippen LogP contribution in [-0.4, -0.2) is 35.3 Å². The van der Waals surface area contributed by atoms with Crippen molar-refractivity contribution in [2.24, 2.45) is 0 Å². The summed E-state index contributed by atoms with van der Waals surface area (Å²) in [4.78, 5) is 0. The number of hydrogen-bond donors (Lipinski definition) is 2. The third-order valence-electron chi connectivity index (χ3n) is 2.87. The highest BCUT2D eigenvalue weighted by Crippen LogP contribution is 2.18. The molecular weight excluding hydrogens is 232 g/mol. The van der Waals surface area contributed by atoms with E-state index in [9.17, 15) is 5.26 Å². The smallest absolute Gasteiger partial charge is 0.106 e. The van der Waals surface area contributed by atoms with E-state index in [-0.39, 0.29) is 12.1 Å². The molecule has 2 N–H and O–H groups in total. The summed E-state index contributed by atoms with van der Waals surface area (Å²) in [6.07, 6.45) is 4.79. The highest BCUT2D eigenvalue weighted by atomic mass is 32.2. The normalized spacial score (nSPS) is 14.2. The van der Waals surface area contributed by atoms with E-state index in [1.54, 1.807) is 0 Å². The number of thioether (sulfide) groups is 1. The quantitative estimate of drug-likeness (QED) is 0.559. The van der Waals surface area contributed by atoms with Crippen molar-refractivity contribution in [3.8, 4) is 6.07 Å². The largest absolute Gasteiger partial charge is 0.396 e. The van der Waals surface area contributed by atoms with E-state index in [4.69, 9.17) is 5.11 Å². The molecule has 0 amide bonds. The number of rotatable bonds is 11. The second-order valence-electron chi connectivity index (χ2n) is 4.27. The molecule has 0 aromatic carbocycles. The lowest BCUT2D eigenvalue weighted by Crippen LogP contribution is -2.43. The van der Waals surface area contributed by atoms with E-state index in [0.717, 1.165) is 50.2 Å². The maximum Gasteiger partial charge on any atom is 0.106 e. The summed E-state index contributed by atoms with van der Waals surface area (Å²) in [5.41, 5.74) is -0.326. The molecule has 0 saturated heterocycles. The van der Waals surface area contributed by atoms with Gasteiger partial charge in [0.15, 0.2) is 0 Å². The van der Waals surface area contributed by atoms with Crippen LogP contribution in [0.15, 0.2) is 0 Å². The van der Waals surface area contributed by atoms with Crippen LogP contribution in [0, 0.1) is 11.3 Å². The lowest BCUT2D eigenvalue weighted by Gasteiger charge is -2.26. The van der Waals surface area contributed by atoms with Crippen molar-refractivity contribution in [1.29, 1.82) is 5.26 Å². The molecule has 0 aromatic heterocycles. The highest BCUT2D eigenvalue weighted by Gasteiger charge is 2.25. The molecule has 3 nitrogen and oxygen atoms in total. The molecular formula is C13H26N2OS. The second kappa shape index (κ2) is 10.9. The fraction of sp³-hybridized carbons (Fsp3) is 0.923. The molecule has 0 saturated carbocycles. The molecule has 0 aliphatic heterocycles. The van der Waals surface area contributed by atoms with Crippen molar-refractivity contribution in [1.82, 2.24) is 5.32 Å². The van der Waals surface area contributed by atoms with Crippen LogP contribution in [0.5, 0.6) is 0 Å².